The van der Waals surface area contributed by atoms with E-state index in [1.165, 1.54) is 4.68 Å². The molecule has 0 saturated heterocycles. The van der Waals surface area contributed by atoms with Gasteiger partial charge in [-0.2, -0.15) is 5.10 Å². The number of nitrogens with two attached hydrogens (primary N) is 1. The van der Waals surface area contributed by atoms with E-state index in [1.54, 1.807) is 6.20 Å². The van der Waals surface area contributed by atoms with Crippen LogP contribution in [0.15, 0.2) is 15.5 Å². The van der Waals surface area contributed by atoms with E-state index < -0.39 is 0 Å². The number of aromatic nitrogens is 2. The molecule has 18 heavy (non-hydrogen) atoms. The maximum atomic E-state index is 12.0. The second kappa shape index (κ2) is 7.53. The lowest BCUT2D eigenvalue weighted by Gasteiger charge is -2.17. The van der Waals surface area contributed by atoms with E-state index in [0.717, 1.165) is 19.3 Å². The zero-order chi connectivity index (χ0) is 13.5. The van der Waals surface area contributed by atoms with Crippen LogP contribution >= 0.6 is 15.9 Å². The molecule has 6 heteroatoms. The molecule has 1 rings (SSSR count). The highest BCUT2D eigenvalue weighted by atomic mass is 79.9. The zero-order valence-electron chi connectivity index (χ0n) is 10.9. The minimum Gasteiger partial charge on any atom is -0.379 e. The van der Waals surface area contributed by atoms with E-state index in [-0.39, 0.29) is 11.6 Å². The molecule has 1 atom stereocenters. The smallest absolute Gasteiger partial charge is 0.283 e. The third kappa shape index (κ3) is 3.81. The van der Waals surface area contributed by atoms with Crippen molar-refractivity contribution in [1.82, 2.24) is 9.78 Å². The van der Waals surface area contributed by atoms with Gasteiger partial charge in [-0.25, -0.2) is 4.68 Å². The topological polar surface area (TPSA) is 72.9 Å². The Morgan fingerprint density at radius 1 is 1.56 bits per heavy atom. The van der Waals surface area contributed by atoms with Crippen LogP contribution in [-0.4, -0.2) is 22.4 Å². The number of anilines is 1. The molecule has 5 nitrogen and oxygen atoms in total. The first-order chi connectivity index (χ1) is 8.63. The Balaban J connectivity index is 2.90. The molecule has 0 radical (unpaired) electrons. The zero-order valence-corrected chi connectivity index (χ0v) is 12.5. The highest BCUT2D eigenvalue weighted by Gasteiger charge is 2.11. The second-order valence-corrected chi connectivity index (χ2v) is 5.03. The van der Waals surface area contributed by atoms with Crippen molar-refractivity contribution < 1.29 is 0 Å². The van der Waals surface area contributed by atoms with Gasteiger partial charge in [-0.3, -0.25) is 4.79 Å². The predicted octanol–water partition coefficient (Wildman–Crippen LogP) is 1.96. The monoisotopic (exact) mass is 316 g/mol. The van der Waals surface area contributed by atoms with Gasteiger partial charge in [0, 0.05) is 19.1 Å². The van der Waals surface area contributed by atoms with Gasteiger partial charge in [0.25, 0.3) is 5.56 Å². The summed E-state index contributed by atoms with van der Waals surface area (Å²) in [5.74, 6) is 0. The van der Waals surface area contributed by atoms with Crippen LogP contribution in [0.3, 0.4) is 0 Å². The maximum absolute atomic E-state index is 12.0. The van der Waals surface area contributed by atoms with Crippen molar-refractivity contribution in [2.45, 2.75) is 45.7 Å². The SMILES string of the molecule is CCCCn1ncc(NC(CC)CN)c(Br)c1=O. The van der Waals surface area contributed by atoms with Gasteiger partial charge in [-0.15, -0.1) is 0 Å². The molecule has 0 aliphatic carbocycles. The Morgan fingerprint density at radius 3 is 2.83 bits per heavy atom. The highest BCUT2D eigenvalue weighted by molar-refractivity contribution is 9.10. The van der Waals surface area contributed by atoms with Crippen LogP contribution in [0.25, 0.3) is 0 Å². The lowest BCUT2D eigenvalue weighted by Crippen LogP contribution is -2.30. The molecule has 0 aliphatic heterocycles. The first kappa shape index (κ1) is 15.2. The van der Waals surface area contributed by atoms with E-state index in [2.05, 4.69) is 33.3 Å². The molecule has 0 aromatic carbocycles. The van der Waals surface area contributed by atoms with Crippen molar-refractivity contribution >= 4 is 21.6 Å². The minimum atomic E-state index is -0.0969. The van der Waals surface area contributed by atoms with Crippen LogP contribution in [0, 0.1) is 0 Å². The fourth-order valence-electron chi connectivity index (χ4n) is 1.58. The summed E-state index contributed by atoms with van der Waals surface area (Å²) in [7, 11) is 0. The number of hydrogen-bond donors (Lipinski definition) is 2. The number of aryl methyl sites for hydroxylation is 1. The van der Waals surface area contributed by atoms with E-state index in [0.29, 0.717) is 23.2 Å². The third-order valence-corrected chi connectivity index (χ3v) is 3.61. The lowest BCUT2D eigenvalue weighted by atomic mass is 10.2. The van der Waals surface area contributed by atoms with Gasteiger partial charge in [0.1, 0.15) is 4.47 Å². The fraction of sp³-hybridized carbons (Fsp3) is 0.667. The van der Waals surface area contributed by atoms with Crippen LogP contribution in [-0.2, 0) is 6.54 Å². The van der Waals surface area contributed by atoms with E-state index in [4.69, 9.17) is 5.73 Å². The van der Waals surface area contributed by atoms with E-state index in [9.17, 15) is 4.79 Å². The van der Waals surface area contributed by atoms with Crippen LogP contribution in [0.2, 0.25) is 0 Å². The molecule has 0 saturated carbocycles. The molecule has 1 unspecified atom stereocenters. The first-order valence-corrected chi connectivity index (χ1v) is 7.15. The van der Waals surface area contributed by atoms with E-state index in [1.807, 2.05) is 6.92 Å². The van der Waals surface area contributed by atoms with Crippen molar-refractivity contribution in [1.29, 1.82) is 0 Å². The van der Waals surface area contributed by atoms with Crippen LogP contribution in [0.1, 0.15) is 33.1 Å². The molecule has 1 aromatic heterocycles. The van der Waals surface area contributed by atoms with E-state index >= 15 is 0 Å². The molecule has 1 aromatic rings. The van der Waals surface area contributed by atoms with Gasteiger partial charge in [0.2, 0.25) is 0 Å². The molecule has 0 spiro atoms. The van der Waals surface area contributed by atoms with Crippen molar-refractivity contribution in [2.24, 2.45) is 5.73 Å². The van der Waals surface area contributed by atoms with Gasteiger partial charge in [-0.05, 0) is 28.8 Å². The quantitative estimate of drug-likeness (QED) is 0.806. The third-order valence-electron chi connectivity index (χ3n) is 2.85. The molecule has 0 amide bonds. The summed E-state index contributed by atoms with van der Waals surface area (Å²) >= 11 is 3.33. The molecular formula is C12H21BrN4O. The Bertz CT molecular complexity index is 429. The molecule has 0 aliphatic rings. The first-order valence-electron chi connectivity index (χ1n) is 6.36. The van der Waals surface area contributed by atoms with Gasteiger partial charge in [-0.1, -0.05) is 20.3 Å². The van der Waals surface area contributed by atoms with Crippen molar-refractivity contribution in [3.63, 3.8) is 0 Å². The highest BCUT2D eigenvalue weighted by Crippen LogP contribution is 2.17. The van der Waals surface area contributed by atoms with Gasteiger partial charge in [0.05, 0.1) is 11.9 Å². The Hall–Kier alpha value is -0.880. The predicted molar refractivity (Wildman–Crippen MR) is 77.9 cm³/mol. The fourth-order valence-corrected chi connectivity index (χ4v) is 2.00. The van der Waals surface area contributed by atoms with Crippen LogP contribution < -0.4 is 16.6 Å². The van der Waals surface area contributed by atoms with Crippen LogP contribution in [0.5, 0.6) is 0 Å². The van der Waals surface area contributed by atoms with Crippen LogP contribution in [0.4, 0.5) is 5.69 Å². The van der Waals surface area contributed by atoms with Gasteiger partial charge >= 0.3 is 0 Å². The lowest BCUT2D eigenvalue weighted by molar-refractivity contribution is 0.540. The molecule has 3 N–H and O–H groups in total. The Morgan fingerprint density at radius 2 is 2.28 bits per heavy atom. The van der Waals surface area contributed by atoms with Crippen molar-refractivity contribution in [3.8, 4) is 0 Å². The molecule has 0 fully saturated rings. The largest absolute Gasteiger partial charge is 0.379 e. The summed E-state index contributed by atoms with van der Waals surface area (Å²) in [5.41, 5.74) is 6.25. The standard InChI is InChI=1S/C12H21BrN4O/c1-3-5-6-17-12(18)11(13)10(8-15-17)16-9(4-2)7-14/h8-9,16H,3-7,14H2,1-2H3. The average molecular weight is 317 g/mol. The molecule has 102 valence electrons. The summed E-state index contributed by atoms with van der Waals surface area (Å²) in [6.45, 7) is 5.32. The molecule has 1 heterocycles. The number of nitrogens with one attached hydrogen (secondary N) is 1. The number of rotatable bonds is 7. The number of unbranched alkanes of at least 4 members (excludes halogenated alkanes) is 1. The Kier molecular flexibility index (Phi) is 6.35. The Labute approximate surface area is 116 Å². The summed E-state index contributed by atoms with van der Waals surface area (Å²) in [6.07, 6.45) is 4.57. The average Bonchev–Trinajstić information content (AvgIpc) is 2.39. The number of hydrogen-bond acceptors (Lipinski definition) is 4. The van der Waals surface area contributed by atoms with Crippen molar-refractivity contribution in [2.75, 3.05) is 11.9 Å². The normalized spacial score (nSPS) is 12.4. The molecular weight excluding hydrogens is 296 g/mol. The number of halogens is 1. The number of nitrogens with zero attached hydrogens (tertiary/aromatic N) is 2. The minimum absolute atomic E-state index is 0.0969. The maximum Gasteiger partial charge on any atom is 0.283 e. The summed E-state index contributed by atoms with van der Waals surface area (Å²) in [4.78, 5) is 12.0. The van der Waals surface area contributed by atoms with Gasteiger partial charge < -0.3 is 11.1 Å². The second-order valence-electron chi connectivity index (χ2n) is 4.24. The van der Waals surface area contributed by atoms with Crippen molar-refractivity contribution in [3.05, 3.63) is 21.0 Å². The summed E-state index contributed by atoms with van der Waals surface area (Å²) in [6, 6.07) is 0.161. The van der Waals surface area contributed by atoms with Gasteiger partial charge in [0.15, 0.2) is 0 Å². The molecule has 0 bridgehead atoms. The summed E-state index contributed by atoms with van der Waals surface area (Å²) < 4.78 is 2.02. The summed E-state index contributed by atoms with van der Waals surface area (Å²) in [5, 5.41) is 7.39.